The van der Waals surface area contributed by atoms with Crippen molar-refractivity contribution in [1.29, 1.82) is 0 Å². The van der Waals surface area contributed by atoms with Crippen molar-refractivity contribution in [2.24, 2.45) is 0 Å². The van der Waals surface area contributed by atoms with Crippen LogP contribution < -0.4 is 0 Å². The van der Waals surface area contributed by atoms with Crippen molar-refractivity contribution in [1.82, 2.24) is 14.8 Å². The van der Waals surface area contributed by atoms with Crippen molar-refractivity contribution in [2.75, 3.05) is 0 Å². The second-order valence-corrected chi connectivity index (χ2v) is 5.11. The second-order valence-electron chi connectivity index (χ2n) is 4.67. The van der Waals surface area contributed by atoms with Gasteiger partial charge in [0.05, 0.1) is 10.6 Å². The van der Waals surface area contributed by atoms with E-state index in [1.54, 1.807) is 35.9 Å². The Morgan fingerprint density at radius 2 is 1.73 bits per heavy atom. The zero-order valence-corrected chi connectivity index (χ0v) is 12.4. The predicted octanol–water partition coefficient (Wildman–Crippen LogP) is 3.80. The molecule has 0 amide bonds. The molecule has 22 heavy (non-hydrogen) atoms. The molecule has 0 spiro atoms. The van der Waals surface area contributed by atoms with Gasteiger partial charge in [-0.05, 0) is 43.3 Å². The van der Waals surface area contributed by atoms with Gasteiger partial charge in [-0.2, -0.15) is 5.10 Å². The zero-order chi connectivity index (χ0) is 15.7. The largest absolute Gasteiger partial charge is 0.269 e. The fourth-order valence-corrected chi connectivity index (χ4v) is 2.22. The number of aromatic nitrogens is 3. The Hall–Kier alpha value is -2.73. The Morgan fingerprint density at radius 3 is 2.32 bits per heavy atom. The maximum Gasteiger partial charge on any atom is 0.269 e. The van der Waals surface area contributed by atoms with Crippen molar-refractivity contribution in [3.63, 3.8) is 0 Å². The molecule has 0 fully saturated rings. The van der Waals surface area contributed by atoms with Crippen LogP contribution >= 0.6 is 11.6 Å². The fourth-order valence-electron chi connectivity index (χ4n) is 2.10. The molecule has 2 aromatic carbocycles. The number of rotatable bonds is 3. The van der Waals surface area contributed by atoms with Crippen molar-refractivity contribution >= 4 is 17.3 Å². The summed E-state index contributed by atoms with van der Waals surface area (Å²) in [5.41, 5.74) is 1.61. The van der Waals surface area contributed by atoms with Crippen LogP contribution in [0, 0.1) is 17.0 Å². The Balaban J connectivity index is 2.07. The molecule has 0 bridgehead atoms. The first-order chi connectivity index (χ1) is 10.5. The molecule has 0 atom stereocenters. The number of hydrogen-bond donors (Lipinski definition) is 0. The van der Waals surface area contributed by atoms with E-state index in [1.165, 1.54) is 12.1 Å². The van der Waals surface area contributed by atoms with Gasteiger partial charge in [0.1, 0.15) is 5.82 Å². The maximum atomic E-state index is 10.7. The first kappa shape index (κ1) is 14.2. The van der Waals surface area contributed by atoms with E-state index < -0.39 is 4.92 Å². The first-order valence-electron chi connectivity index (χ1n) is 6.49. The van der Waals surface area contributed by atoms with E-state index in [2.05, 4.69) is 10.1 Å². The van der Waals surface area contributed by atoms with Gasteiger partial charge in [-0.25, -0.2) is 9.67 Å². The number of nitro benzene ring substituents is 1. The topological polar surface area (TPSA) is 73.8 Å². The first-order valence-corrected chi connectivity index (χ1v) is 6.87. The maximum absolute atomic E-state index is 10.7. The quantitative estimate of drug-likeness (QED) is 0.544. The monoisotopic (exact) mass is 314 g/mol. The minimum absolute atomic E-state index is 0.0398. The number of halogens is 1. The van der Waals surface area contributed by atoms with E-state index in [9.17, 15) is 10.1 Å². The zero-order valence-electron chi connectivity index (χ0n) is 11.6. The van der Waals surface area contributed by atoms with Crippen molar-refractivity contribution in [3.05, 3.63) is 69.5 Å². The van der Waals surface area contributed by atoms with Gasteiger partial charge in [0.15, 0.2) is 5.82 Å². The molecule has 6 nitrogen and oxygen atoms in total. The summed E-state index contributed by atoms with van der Waals surface area (Å²) in [6, 6.07) is 13.4. The van der Waals surface area contributed by atoms with E-state index in [0.29, 0.717) is 16.7 Å². The molecule has 0 unspecified atom stereocenters. The number of nitrogens with zero attached hydrogens (tertiary/aromatic N) is 4. The summed E-state index contributed by atoms with van der Waals surface area (Å²) in [5.74, 6) is 1.23. The van der Waals surface area contributed by atoms with Crippen LogP contribution in [0.25, 0.3) is 17.1 Å². The highest BCUT2D eigenvalue weighted by Crippen LogP contribution is 2.24. The van der Waals surface area contributed by atoms with Gasteiger partial charge in [0, 0.05) is 22.7 Å². The number of nitro groups is 1. The van der Waals surface area contributed by atoms with Crippen LogP contribution in [0.2, 0.25) is 5.02 Å². The van der Waals surface area contributed by atoms with E-state index in [1.807, 2.05) is 12.1 Å². The highest BCUT2D eigenvalue weighted by molar-refractivity contribution is 6.30. The molecule has 0 N–H and O–H groups in total. The van der Waals surface area contributed by atoms with E-state index in [0.717, 1.165) is 11.3 Å². The lowest BCUT2D eigenvalue weighted by Gasteiger charge is -2.06. The van der Waals surface area contributed by atoms with Gasteiger partial charge < -0.3 is 0 Å². The van der Waals surface area contributed by atoms with Crippen molar-refractivity contribution in [2.45, 2.75) is 6.92 Å². The van der Waals surface area contributed by atoms with Crippen LogP contribution in [0.3, 0.4) is 0 Å². The van der Waals surface area contributed by atoms with Gasteiger partial charge in [-0.15, -0.1) is 0 Å². The highest BCUT2D eigenvalue weighted by atomic mass is 35.5. The Kier molecular flexibility index (Phi) is 3.60. The Bertz CT molecular complexity index is 826. The van der Waals surface area contributed by atoms with Crippen LogP contribution in [0.4, 0.5) is 5.69 Å². The van der Waals surface area contributed by atoms with Crippen molar-refractivity contribution in [3.8, 4) is 17.1 Å². The molecule has 0 saturated carbocycles. The molecule has 0 aliphatic heterocycles. The van der Waals surface area contributed by atoms with E-state index in [4.69, 9.17) is 11.6 Å². The standard InChI is InChI=1S/C15H11ClN4O2/c1-10-17-15(11-2-6-14(7-3-11)20(21)22)19(18-10)13-8-4-12(16)5-9-13/h2-9H,1H3. The van der Waals surface area contributed by atoms with Gasteiger partial charge in [0.2, 0.25) is 0 Å². The minimum atomic E-state index is -0.432. The third-order valence-electron chi connectivity index (χ3n) is 3.12. The van der Waals surface area contributed by atoms with Gasteiger partial charge in [0.25, 0.3) is 5.69 Å². The molecular weight excluding hydrogens is 304 g/mol. The molecule has 1 aromatic heterocycles. The molecule has 110 valence electrons. The molecule has 0 aliphatic rings. The van der Waals surface area contributed by atoms with Crippen molar-refractivity contribution < 1.29 is 4.92 Å². The lowest BCUT2D eigenvalue weighted by atomic mass is 10.2. The molecule has 7 heteroatoms. The average Bonchev–Trinajstić information content (AvgIpc) is 2.90. The summed E-state index contributed by atoms with van der Waals surface area (Å²) in [6.45, 7) is 1.79. The molecule has 1 heterocycles. The van der Waals surface area contributed by atoms with Crippen LogP contribution in [-0.4, -0.2) is 19.7 Å². The van der Waals surface area contributed by atoms with Gasteiger partial charge in [-0.3, -0.25) is 10.1 Å². The predicted molar refractivity (Wildman–Crippen MR) is 83.2 cm³/mol. The van der Waals surface area contributed by atoms with Gasteiger partial charge in [-0.1, -0.05) is 11.6 Å². The fraction of sp³-hybridized carbons (Fsp3) is 0.0667. The van der Waals surface area contributed by atoms with Crippen LogP contribution in [0.15, 0.2) is 48.5 Å². The third-order valence-corrected chi connectivity index (χ3v) is 3.37. The number of hydrogen-bond acceptors (Lipinski definition) is 4. The highest BCUT2D eigenvalue weighted by Gasteiger charge is 2.13. The Labute approximate surface area is 131 Å². The number of benzene rings is 2. The lowest BCUT2D eigenvalue weighted by Crippen LogP contribution is -1.99. The lowest BCUT2D eigenvalue weighted by molar-refractivity contribution is -0.384. The minimum Gasteiger partial charge on any atom is -0.258 e. The van der Waals surface area contributed by atoms with Crippen LogP contribution in [0.5, 0.6) is 0 Å². The van der Waals surface area contributed by atoms with E-state index in [-0.39, 0.29) is 5.69 Å². The molecule has 0 aliphatic carbocycles. The van der Waals surface area contributed by atoms with Gasteiger partial charge >= 0.3 is 0 Å². The SMILES string of the molecule is Cc1nc(-c2ccc([N+](=O)[O-])cc2)n(-c2ccc(Cl)cc2)n1. The molecule has 0 radical (unpaired) electrons. The summed E-state index contributed by atoms with van der Waals surface area (Å²) < 4.78 is 1.69. The molecular formula is C15H11ClN4O2. The number of non-ortho nitro benzene ring substituents is 1. The molecule has 3 aromatic rings. The molecule has 3 rings (SSSR count). The normalized spacial score (nSPS) is 10.6. The summed E-state index contributed by atoms with van der Waals surface area (Å²) in [6.07, 6.45) is 0. The summed E-state index contributed by atoms with van der Waals surface area (Å²) >= 11 is 5.90. The van der Waals surface area contributed by atoms with E-state index >= 15 is 0 Å². The molecule has 0 saturated heterocycles. The average molecular weight is 315 g/mol. The van der Waals surface area contributed by atoms with Crippen LogP contribution in [0.1, 0.15) is 5.82 Å². The van der Waals surface area contributed by atoms with Crippen LogP contribution in [-0.2, 0) is 0 Å². The Morgan fingerprint density at radius 1 is 1.09 bits per heavy atom. The third kappa shape index (κ3) is 2.68. The smallest absolute Gasteiger partial charge is 0.258 e. The summed E-state index contributed by atoms with van der Waals surface area (Å²) in [7, 11) is 0. The second kappa shape index (κ2) is 5.57. The number of aryl methyl sites for hydroxylation is 1. The summed E-state index contributed by atoms with van der Waals surface area (Å²) in [4.78, 5) is 14.7. The summed E-state index contributed by atoms with van der Waals surface area (Å²) in [5, 5.41) is 15.7.